The zero-order valence-electron chi connectivity index (χ0n) is 19.2. The summed E-state index contributed by atoms with van der Waals surface area (Å²) in [6.45, 7) is 3.90. The van der Waals surface area contributed by atoms with Crippen molar-refractivity contribution in [3.05, 3.63) is 135 Å². The largest absolute Gasteiger partial charge is 0.294 e. The van der Waals surface area contributed by atoms with Crippen LogP contribution >= 0.6 is 0 Å². The summed E-state index contributed by atoms with van der Waals surface area (Å²) in [5.74, 6) is 0.727. The van der Waals surface area contributed by atoms with E-state index in [9.17, 15) is 10.1 Å². The van der Waals surface area contributed by atoms with Crippen molar-refractivity contribution in [3.63, 3.8) is 0 Å². The van der Waals surface area contributed by atoms with Crippen molar-refractivity contribution >= 4 is 0 Å². The molecule has 0 N–H and O–H groups in total. The molecule has 0 saturated heterocycles. The molecule has 0 aliphatic carbocycles. The van der Waals surface area contributed by atoms with Gasteiger partial charge in [-0.15, -0.1) is 0 Å². The highest BCUT2D eigenvalue weighted by atomic mass is 16.1. The van der Waals surface area contributed by atoms with Crippen LogP contribution in [0.1, 0.15) is 45.4 Å². The molecule has 1 aromatic heterocycles. The van der Waals surface area contributed by atoms with Crippen LogP contribution in [0.3, 0.4) is 0 Å². The standard InChI is InChI=1S/C29H26N4O/c1-21-31-27-16-17-32(19-25-15-9-8-14-24(25)18-30)20-26(27)29(34)33(21)28(22-10-4-2-5-11-22)23-12-6-3-7-13-23/h2-15,28H,16-17,19-20H2,1H3. The van der Waals surface area contributed by atoms with Gasteiger partial charge in [0.25, 0.3) is 5.56 Å². The molecule has 0 saturated carbocycles. The van der Waals surface area contributed by atoms with Crippen molar-refractivity contribution in [2.45, 2.75) is 32.5 Å². The normalized spacial score (nSPS) is 13.4. The third-order valence-electron chi connectivity index (χ3n) is 6.54. The van der Waals surface area contributed by atoms with Crippen molar-refractivity contribution in [2.75, 3.05) is 6.54 Å². The molecule has 0 fully saturated rings. The molecule has 5 rings (SSSR count). The van der Waals surface area contributed by atoms with E-state index >= 15 is 0 Å². The van der Waals surface area contributed by atoms with Gasteiger partial charge in [0.05, 0.1) is 28.9 Å². The van der Waals surface area contributed by atoms with Gasteiger partial charge in [-0.3, -0.25) is 14.3 Å². The number of hydrogen-bond donors (Lipinski definition) is 0. The molecule has 1 aliphatic heterocycles. The molecule has 5 nitrogen and oxygen atoms in total. The van der Waals surface area contributed by atoms with Crippen LogP contribution in [-0.2, 0) is 19.5 Å². The summed E-state index contributed by atoms with van der Waals surface area (Å²) >= 11 is 0. The van der Waals surface area contributed by atoms with E-state index in [1.165, 1.54) is 0 Å². The molecule has 0 radical (unpaired) electrons. The number of hydrogen-bond acceptors (Lipinski definition) is 4. The maximum atomic E-state index is 14.0. The van der Waals surface area contributed by atoms with Crippen molar-refractivity contribution < 1.29 is 0 Å². The molecular formula is C29H26N4O. The molecular weight excluding hydrogens is 420 g/mol. The first kappa shape index (κ1) is 21.8. The van der Waals surface area contributed by atoms with Crippen LogP contribution in [0, 0.1) is 18.3 Å². The van der Waals surface area contributed by atoms with Gasteiger partial charge < -0.3 is 0 Å². The van der Waals surface area contributed by atoms with Gasteiger partial charge in [-0.2, -0.15) is 5.26 Å². The summed E-state index contributed by atoms with van der Waals surface area (Å²) in [6.07, 6.45) is 0.725. The average Bonchev–Trinajstić information content (AvgIpc) is 2.88. The van der Waals surface area contributed by atoms with Crippen LogP contribution in [-0.4, -0.2) is 21.0 Å². The van der Waals surface area contributed by atoms with E-state index in [4.69, 9.17) is 4.98 Å². The second-order valence-corrected chi connectivity index (χ2v) is 8.71. The Kier molecular flexibility index (Phi) is 6.07. The van der Waals surface area contributed by atoms with Crippen LogP contribution in [0.5, 0.6) is 0 Å². The Bertz CT molecular complexity index is 1360. The van der Waals surface area contributed by atoms with Crippen LogP contribution in [0.2, 0.25) is 0 Å². The number of nitrogens with zero attached hydrogens (tertiary/aromatic N) is 4. The fourth-order valence-electron chi connectivity index (χ4n) is 4.87. The molecule has 0 unspecified atom stereocenters. The Balaban J connectivity index is 1.56. The third kappa shape index (κ3) is 4.16. The minimum Gasteiger partial charge on any atom is -0.294 e. The predicted octanol–water partition coefficient (Wildman–Crippen LogP) is 4.62. The highest BCUT2D eigenvalue weighted by molar-refractivity contribution is 5.38. The fraction of sp³-hybridized carbons (Fsp3) is 0.207. The quantitative estimate of drug-likeness (QED) is 0.449. The molecule has 168 valence electrons. The van der Waals surface area contributed by atoms with Gasteiger partial charge in [-0.1, -0.05) is 78.9 Å². The van der Waals surface area contributed by atoms with E-state index in [1.807, 2.05) is 72.2 Å². The molecule has 4 aromatic rings. The summed E-state index contributed by atoms with van der Waals surface area (Å²) in [6, 6.07) is 30.0. The maximum absolute atomic E-state index is 14.0. The molecule has 5 heteroatoms. The first-order valence-electron chi connectivity index (χ1n) is 11.6. The van der Waals surface area contributed by atoms with Crippen LogP contribution < -0.4 is 5.56 Å². The monoisotopic (exact) mass is 446 g/mol. The number of nitriles is 1. The Hall–Kier alpha value is -4.01. The topological polar surface area (TPSA) is 61.9 Å². The van der Waals surface area contributed by atoms with Gasteiger partial charge in [0.15, 0.2) is 0 Å². The Morgan fingerprint density at radius 3 is 2.21 bits per heavy atom. The molecule has 1 aliphatic rings. The molecule has 0 spiro atoms. The number of aromatic nitrogens is 2. The van der Waals surface area contributed by atoms with E-state index in [-0.39, 0.29) is 11.6 Å². The number of rotatable bonds is 5. The van der Waals surface area contributed by atoms with E-state index in [1.54, 1.807) is 0 Å². The van der Waals surface area contributed by atoms with E-state index < -0.39 is 0 Å². The minimum absolute atomic E-state index is 0.0125. The summed E-state index contributed by atoms with van der Waals surface area (Å²) in [4.78, 5) is 21.1. The Morgan fingerprint density at radius 2 is 1.56 bits per heavy atom. The number of benzene rings is 3. The summed E-state index contributed by atoms with van der Waals surface area (Å²) in [5, 5.41) is 9.46. The van der Waals surface area contributed by atoms with Crippen LogP contribution in [0.15, 0.2) is 89.7 Å². The Morgan fingerprint density at radius 1 is 0.941 bits per heavy atom. The smallest absolute Gasteiger partial charge is 0.259 e. The maximum Gasteiger partial charge on any atom is 0.259 e. The molecule has 0 amide bonds. The average molecular weight is 447 g/mol. The molecule has 0 atom stereocenters. The van der Waals surface area contributed by atoms with Gasteiger partial charge in [0, 0.05) is 26.1 Å². The first-order valence-corrected chi connectivity index (χ1v) is 11.6. The lowest BCUT2D eigenvalue weighted by atomic mass is 9.97. The zero-order valence-corrected chi connectivity index (χ0v) is 19.2. The number of aryl methyl sites for hydroxylation is 1. The van der Waals surface area contributed by atoms with Crippen LogP contribution in [0.25, 0.3) is 0 Å². The molecule has 0 bridgehead atoms. The van der Waals surface area contributed by atoms with Crippen molar-refractivity contribution in [1.82, 2.24) is 14.5 Å². The molecule has 2 heterocycles. The second-order valence-electron chi connectivity index (χ2n) is 8.71. The second kappa shape index (κ2) is 9.46. The summed E-state index contributed by atoms with van der Waals surface area (Å²) < 4.78 is 1.84. The lowest BCUT2D eigenvalue weighted by molar-refractivity contribution is 0.240. The Labute approximate surface area is 199 Å². The van der Waals surface area contributed by atoms with Gasteiger partial charge in [-0.05, 0) is 29.7 Å². The summed E-state index contributed by atoms with van der Waals surface area (Å²) in [5.41, 5.74) is 5.43. The number of fused-ring (bicyclic) bond motifs is 1. The molecule has 3 aromatic carbocycles. The first-order chi connectivity index (χ1) is 16.7. The lowest BCUT2D eigenvalue weighted by Crippen LogP contribution is -2.40. The summed E-state index contributed by atoms with van der Waals surface area (Å²) in [7, 11) is 0. The molecule has 34 heavy (non-hydrogen) atoms. The van der Waals surface area contributed by atoms with Crippen molar-refractivity contribution in [2.24, 2.45) is 0 Å². The van der Waals surface area contributed by atoms with Gasteiger partial charge >= 0.3 is 0 Å². The SMILES string of the molecule is Cc1nc2c(c(=O)n1C(c1ccccc1)c1ccccc1)CN(Cc1ccccc1C#N)CC2. The van der Waals surface area contributed by atoms with E-state index in [0.717, 1.165) is 46.7 Å². The van der Waals surface area contributed by atoms with Gasteiger partial charge in [0.2, 0.25) is 0 Å². The fourth-order valence-corrected chi connectivity index (χ4v) is 4.87. The third-order valence-corrected chi connectivity index (χ3v) is 6.54. The van der Waals surface area contributed by atoms with Gasteiger partial charge in [0.1, 0.15) is 5.82 Å². The van der Waals surface area contributed by atoms with Gasteiger partial charge in [-0.25, -0.2) is 4.98 Å². The lowest BCUT2D eigenvalue weighted by Gasteiger charge is -2.30. The highest BCUT2D eigenvalue weighted by Crippen LogP contribution is 2.27. The van der Waals surface area contributed by atoms with Crippen molar-refractivity contribution in [3.8, 4) is 6.07 Å². The van der Waals surface area contributed by atoms with E-state index in [0.29, 0.717) is 18.7 Å². The predicted molar refractivity (Wildman–Crippen MR) is 132 cm³/mol. The minimum atomic E-state index is -0.248. The zero-order chi connectivity index (χ0) is 23.5. The van der Waals surface area contributed by atoms with Crippen LogP contribution in [0.4, 0.5) is 0 Å². The van der Waals surface area contributed by atoms with E-state index in [2.05, 4.69) is 35.2 Å². The van der Waals surface area contributed by atoms with Crippen molar-refractivity contribution in [1.29, 1.82) is 5.26 Å². The highest BCUT2D eigenvalue weighted by Gasteiger charge is 2.27.